The quantitative estimate of drug-likeness (QED) is 0.478. The first-order chi connectivity index (χ1) is 12.5. The summed E-state index contributed by atoms with van der Waals surface area (Å²) in [6.45, 7) is 2.40. The third-order valence-electron chi connectivity index (χ3n) is 3.92. The largest absolute Gasteiger partial charge is 0.481 e. The molecule has 0 saturated carbocycles. The van der Waals surface area contributed by atoms with Crippen LogP contribution in [0, 0.1) is 0 Å². The van der Waals surface area contributed by atoms with Gasteiger partial charge in [0.1, 0.15) is 12.6 Å². The van der Waals surface area contributed by atoms with Crippen LogP contribution in [0.3, 0.4) is 0 Å². The number of hydrogen-bond acceptors (Lipinski definition) is 5. The molecule has 0 aromatic heterocycles. The van der Waals surface area contributed by atoms with Crippen molar-refractivity contribution in [3.8, 4) is 0 Å². The number of carbonyl (C=O) groups is 3. The number of hydrogen-bond donors (Lipinski definition) is 1. The fourth-order valence-corrected chi connectivity index (χ4v) is 2.51. The monoisotopic (exact) mass is 365 g/mol. The van der Waals surface area contributed by atoms with E-state index in [1.54, 1.807) is 0 Å². The van der Waals surface area contributed by atoms with E-state index in [2.05, 4.69) is 0 Å². The second-order valence-electron chi connectivity index (χ2n) is 5.91. The van der Waals surface area contributed by atoms with Crippen molar-refractivity contribution in [2.45, 2.75) is 51.7 Å². The van der Waals surface area contributed by atoms with Crippen LogP contribution in [0.15, 0.2) is 30.3 Å². The van der Waals surface area contributed by atoms with E-state index in [9.17, 15) is 14.4 Å². The van der Waals surface area contributed by atoms with Crippen molar-refractivity contribution >= 4 is 18.0 Å². The lowest BCUT2D eigenvalue weighted by Crippen LogP contribution is -2.46. The highest BCUT2D eigenvalue weighted by Crippen LogP contribution is 2.14. The Kier molecular flexibility index (Phi) is 9.82. The van der Waals surface area contributed by atoms with Crippen molar-refractivity contribution in [3.05, 3.63) is 35.9 Å². The normalized spacial score (nSPS) is 11.5. The molecule has 1 atom stereocenters. The number of rotatable bonds is 11. The Hall–Kier alpha value is -2.57. The third-order valence-corrected chi connectivity index (χ3v) is 3.92. The van der Waals surface area contributed by atoms with Crippen LogP contribution in [-0.2, 0) is 25.7 Å². The van der Waals surface area contributed by atoms with Gasteiger partial charge in [-0.3, -0.25) is 9.69 Å². The first kappa shape index (κ1) is 21.5. The van der Waals surface area contributed by atoms with Gasteiger partial charge in [-0.15, -0.1) is 0 Å². The maximum Gasteiger partial charge on any atom is 0.410 e. The van der Waals surface area contributed by atoms with Gasteiger partial charge in [0.15, 0.2) is 0 Å². The summed E-state index contributed by atoms with van der Waals surface area (Å²) in [5.74, 6) is -1.67. The van der Waals surface area contributed by atoms with Crippen molar-refractivity contribution < 1.29 is 29.0 Å². The number of aliphatic carboxylic acids is 1. The van der Waals surface area contributed by atoms with Crippen LogP contribution in [-0.4, -0.2) is 47.7 Å². The average molecular weight is 365 g/mol. The van der Waals surface area contributed by atoms with Crippen molar-refractivity contribution in [2.75, 3.05) is 13.7 Å². The van der Waals surface area contributed by atoms with Crippen LogP contribution in [0.2, 0.25) is 0 Å². The molecule has 7 heteroatoms. The number of carbonyl (C=O) groups excluding carboxylic acids is 2. The summed E-state index contributed by atoms with van der Waals surface area (Å²) in [6, 6.07) is 8.16. The van der Waals surface area contributed by atoms with Gasteiger partial charge in [-0.25, -0.2) is 9.59 Å². The van der Waals surface area contributed by atoms with E-state index in [1.165, 1.54) is 12.0 Å². The van der Waals surface area contributed by atoms with Crippen molar-refractivity contribution in [2.24, 2.45) is 0 Å². The summed E-state index contributed by atoms with van der Waals surface area (Å²) in [7, 11) is 1.23. The molecule has 0 aliphatic carbocycles. The van der Waals surface area contributed by atoms with Crippen LogP contribution < -0.4 is 0 Å². The zero-order valence-electron chi connectivity index (χ0n) is 15.3. The molecule has 26 heavy (non-hydrogen) atoms. The Labute approximate surface area is 153 Å². The first-order valence-corrected chi connectivity index (χ1v) is 8.76. The van der Waals surface area contributed by atoms with Gasteiger partial charge in [0.05, 0.1) is 7.11 Å². The predicted octanol–water partition coefficient (Wildman–Crippen LogP) is 3.22. The van der Waals surface area contributed by atoms with E-state index >= 15 is 0 Å². The highest BCUT2D eigenvalue weighted by atomic mass is 16.6. The molecule has 1 amide bonds. The molecule has 1 rings (SSSR count). The molecule has 0 bridgehead atoms. The molecule has 0 aliphatic heterocycles. The molecule has 0 aliphatic rings. The fraction of sp³-hybridized carbons (Fsp3) is 0.526. The topological polar surface area (TPSA) is 93.1 Å². The summed E-state index contributed by atoms with van der Waals surface area (Å²) < 4.78 is 10.1. The maximum absolute atomic E-state index is 12.6. The van der Waals surface area contributed by atoms with Gasteiger partial charge in [0, 0.05) is 13.0 Å². The second-order valence-corrected chi connectivity index (χ2v) is 5.91. The Morgan fingerprint density at radius 3 is 2.42 bits per heavy atom. The molecule has 1 unspecified atom stereocenters. The van der Waals surface area contributed by atoms with Crippen molar-refractivity contribution in [1.29, 1.82) is 0 Å². The molecular weight excluding hydrogens is 338 g/mol. The number of unbranched alkanes of at least 4 members (excludes halogenated alkanes) is 2. The van der Waals surface area contributed by atoms with E-state index in [4.69, 9.17) is 14.6 Å². The van der Waals surface area contributed by atoms with E-state index in [0.717, 1.165) is 18.4 Å². The van der Waals surface area contributed by atoms with E-state index in [1.807, 2.05) is 37.3 Å². The number of amides is 1. The molecule has 0 fully saturated rings. The number of benzene rings is 1. The van der Waals surface area contributed by atoms with Crippen LogP contribution in [0.25, 0.3) is 0 Å². The van der Waals surface area contributed by atoms with Crippen molar-refractivity contribution in [1.82, 2.24) is 4.90 Å². The van der Waals surface area contributed by atoms with Gasteiger partial charge in [-0.05, 0) is 18.4 Å². The first-order valence-electron chi connectivity index (χ1n) is 8.76. The molecule has 1 aromatic carbocycles. The van der Waals surface area contributed by atoms with Crippen molar-refractivity contribution in [3.63, 3.8) is 0 Å². The molecule has 144 valence electrons. The Bertz CT molecular complexity index is 575. The molecule has 7 nitrogen and oxygen atoms in total. The Morgan fingerprint density at radius 2 is 1.85 bits per heavy atom. The summed E-state index contributed by atoms with van der Waals surface area (Å²) in [6.07, 6.45) is 1.61. The fourth-order valence-electron chi connectivity index (χ4n) is 2.51. The number of nitrogens with zero attached hydrogens (tertiary/aromatic N) is 1. The van der Waals surface area contributed by atoms with Gasteiger partial charge in [-0.2, -0.15) is 0 Å². The van der Waals surface area contributed by atoms with Gasteiger partial charge < -0.3 is 14.6 Å². The van der Waals surface area contributed by atoms with Gasteiger partial charge in [-0.1, -0.05) is 50.1 Å². The Balaban J connectivity index is 2.84. The van der Waals surface area contributed by atoms with Gasteiger partial charge in [0.2, 0.25) is 0 Å². The lowest BCUT2D eigenvalue weighted by atomic mass is 10.1. The minimum absolute atomic E-state index is 0.0236. The maximum atomic E-state index is 12.6. The molecule has 0 saturated heterocycles. The third kappa shape index (κ3) is 7.55. The standard InChI is InChI=1S/C19H27NO6/c1-3-4-8-13-20(19(24)25-2)16(11-12-17(21)22)18(23)26-14-15-9-6-5-7-10-15/h5-7,9-10,16H,3-4,8,11-14H2,1-2H3,(H,21,22). The predicted molar refractivity (Wildman–Crippen MR) is 95.5 cm³/mol. The minimum atomic E-state index is -1.04. The number of ether oxygens (including phenoxy) is 2. The van der Waals surface area contributed by atoms with E-state index < -0.39 is 24.1 Å². The number of methoxy groups -OCH3 is 1. The summed E-state index contributed by atoms with van der Waals surface area (Å²) in [5.41, 5.74) is 0.813. The molecular formula is C19H27NO6. The summed E-state index contributed by atoms with van der Waals surface area (Å²) in [4.78, 5) is 36.9. The number of esters is 1. The highest BCUT2D eigenvalue weighted by Gasteiger charge is 2.32. The number of carboxylic acid groups (broad SMARTS) is 1. The zero-order chi connectivity index (χ0) is 19.4. The van der Waals surface area contributed by atoms with Crippen LogP contribution in [0.4, 0.5) is 4.79 Å². The van der Waals surface area contributed by atoms with Gasteiger partial charge >= 0.3 is 18.0 Å². The Morgan fingerprint density at radius 1 is 1.15 bits per heavy atom. The molecule has 0 radical (unpaired) electrons. The lowest BCUT2D eigenvalue weighted by molar-refractivity contribution is -0.151. The van der Waals surface area contributed by atoms with Crippen LogP contribution in [0.1, 0.15) is 44.6 Å². The SMILES string of the molecule is CCCCCN(C(=O)OC)C(CCC(=O)O)C(=O)OCc1ccccc1. The number of carboxylic acids is 1. The van der Waals surface area contributed by atoms with E-state index in [-0.39, 0.29) is 19.4 Å². The lowest BCUT2D eigenvalue weighted by Gasteiger charge is -2.29. The second kappa shape index (κ2) is 11.9. The summed E-state index contributed by atoms with van der Waals surface area (Å²) in [5, 5.41) is 8.96. The van der Waals surface area contributed by atoms with Crippen LogP contribution in [0.5, 0.6) is 0 Å². The average Bonchev–Trinajstić information content (AvgIpc) is 2.65. The zero-order valence-corrected chi connectivity index (χ0v) is 15.3. The molecule has 0 heterocycles. The smallest absolute Gasteiger partial charge is 0.410 e. The highest BCUT2D eigenvalue weighted by molar-refractivity contribution is 5.82. The summed E-state index contributed by atoms with van der Waals surface area (Å²) >= 11 is 0. The van der Waals surface area contributed by atoms with Gasteiger partial charge in [0.25, 0.3) is 0 Å². The molecule has 1 aromatic rings. The molecule has 0 spiro atoms. The molecule has 1 N–H and O–H groups in total. The minimum Gasteiger partial charge on any atom is -0.481 e. The van der Waals surface area contributed by atoms with E-state index in [0.29, 0.717) is 13.0 Å². The van der Waals surface area contributed by atoms with Crippen LogP contribution >= 0.6 is 0 Å².